The van der Waals surface area contributed by atoms with E-state index in [1.165, 1.54) is 22.3 Å². The van der Waals surface area contributed by atoms with Crippen LogP contribution in [0.25, 0.3) is 0 Å². The van der Waals surface area contributed by atoms with Crippen molar-refractivity contribution in [1.29, 1.82) is 0 Å². The van der Waals surface area contributed by atoms with Crippen molar-refractivity contribution in [3.63, 3.8) is 0 Å². The summed E-state index contributed by atoms with van der Waals surface area (Å²) in [6, 6.07) is 16.6. The van der Waals surface area contributed by atoms with Crippen LogP contribution in [0.1, 0.15) is 47.9 Å². The van der Waals surface area contributed by atoms with Crippen molar-refractivity contribution < 1.29 is 30.0 Å². The smallest absolute Gasteiger partial charge is 0.335 e. The summed E-state index contributed by atoms with van der Waals surface area (Å²) < 4.78 is 0. The van der Waals surface area contributed by atoms with Crippen LogP contribution in [0.2, 0.25) is 0 Å². The van der Waals surface area contributed by atoms with Crippen molar-refractivity contribution in [2.24, 2.45) is 11.5 Å². The number of fused-ring (bicyclic) bond motifs is 2. The standard InChI is InChI=1S/2C12H13N.C4H6O6/c2*1-2-8-12(13)9-7-10-5-3-4-6-11(10)12;5-1(3(7)8)2(6)4(9)10/h2*1,3-6H,7-9,13H2;1-2,5-6H,(H,7,8)(H,9,10)/t2*12-;/m00./s1. The number of hydrogen-bond acceptors (Lipinski definition) is 6. The fourth-order valence-corrected chi connectivity index (χ4v) is 4.43. The monoisotopic (exact) mass is 492 g/mol. The van der Waals surface area contributed by atoms with Crippen molar-refractivity contribution >= 4 is 11.9 Å². The van der Waals surface area contributed by atoms with E-state index in [0.29, 0.717) is 12.8 Å². The number of carboxylic acids is 2. The Hall–Kier alpha value is -3.66. The second kappa shape index (κ2) is 12.3. The number of aliphatic hydroxyl groups excluding tert-OH is 2. The number of aryl methyl sites for hydroxylation is 2. The minimum absolute atomic E-state index is 0.259. The van der Waals surface area contributed by atoms with Crippen LogP contribution >= 0.6 is 0 Å². The molecule has 8 heteroatoms. The van der Waals surface area contributed by atoms with Crippen LogP contribution in [0, 0.1) is 24.7 Å². The molecule has 0 aliphatic heterocycles. The van der Waals surface area contributed by atoms with Crippen molar-refractivity contribution in [2.75, 3.05) is 0 Å². The Morgan fingerprint density at radius 2 is 1.11 bits per heavy atom. The molecule has 2 aromatic rings. The second-order valence-corrected chi connectivity index (χ2v) is 8.95. The molecule has 0 bridgehead atoms. The molecule has 0 saturated heterocycles. The van der Waals surface area contributed by atoms with Gasteiger partial charge in [0, 0.05) is 12.8 Å². The zero-order chi connectivity index (χ0) is 26.9. The van der Waals surface area contributed by atoms with Gasteiger partial charge in [0.05, 0.1) is 11.1 Å². The number of carbonyl (C=O) groups is 2. The van der Waals surface area contributed by atoms with E-state index in [1.807, 2.05) is 12.1 Å². The third kappa shape index (κ3) is 6.72. The fraction of sp³-hybridized carbons (Fsp3) is 0.357. The zero-order valence-electron chi connectivity index (χ0n) is 19.9. The van der Waals surface area contributed by atoms with Crippen LogP contribution in [0.3, 0.4) is 0 Å². The van der Waals surface area contributed by atoms with Crippen molar-refractivity contribution in [2.45, 2.75) is 61.8 Å². The van der Waals surface area contributed by atoms with E-state index < -0.39 is 24.1 Å². The highest BCUT2D eigenvalue weighted by Crippen LogP contribution is 2.37. The van der Waals surface area contributed by atoms with Gasteiger partial charge in [-0.2, -0.15) is 0 Å². The molecule has 0 aromatic heterocycles. The number of nitrogens with two attached hydrogens (primary N) is 2. The summed E-state index contributed by atoms with van der Waals surface area (Å²) in [5, 5.41) is 32.5. The second-order valence-electron chi connectivity index (χ2n) is 8.95. The topological polar surface area (TPSA) is 167 Å². The summed E-state index contributed by atoms with van der Waals surface area (Å²) >= 11 is 0. The molecule has 36 heavy (non-hydrogen) atoms. The summed E-state index contributed by atoms with van der Waals surface area (Å²) in [7, 11) is 0. The molecule has 2 aliphatic carbocycles. The first-order chi connectivity index (χ1) is 17.0. The molecule has 4 rings (SSSR count). The lowest BCUT2D eigenvalue weighted by Crippen LogP contribution is -2.39. The molecule has 8 N–H and O–H groups in total. The van der Waals surface area contributed by atoms with Crippen LogP contribution in [0.5, 0.6) is 0 Å². The highest BCUT2D eigenvalue weighted by atomic mass is 16.4. The highest BCUT2D eigenvalue weighted by molar-refractivity contribution is 5.83. The molecule has 2 aliphatic rings. The SMILES string of the molecule is C#CC[C@]1(N)CCc2ccccc21.C#CC[C@]1(N)CCc2ccccc21.O=C(O)C(O)C(O)C(=O)O. The molecule has 0 amide bonds. The Morgan fingerprint density at radius 1 is 0.778 bits per heavy atom. The molecule has 2 unspecified atom stereocenters. The molecule has 0 fully saturated rings. The number of aliphatic hydroxyl groups is 2. The van der Waals surface area contributed by atoms with Crippen LogP contribution in [-0.4, -0.2) is 44.6 Å². The van der Waals surface area contributed by atoms with Gasteiger partial charge in [0.2, 0.25) is 0 Å². The zero-order valence-corrected chi connectivity index (χ0v) is 19.9. The van der Waals surface area contributed by atoms with E-state index >= 15 is 0 Å². The van der Waals surface area contributed by atoms with Crippen molar-refractivity contribution in [3.8, 4) is 24.7 Å². The molecule has 8 nitrogen and oxygen atoms in total. The average molecular weight is 493 g/mol. The maximum Gasteiger partial charge on any atom is 0.335 e. The minimum atomic E-state index is -2.27. The Kier molecular flexibility index (Phi) is 9.80. The third-order valence-electron chi connectivity index (χ3n) is 6.43. The first kappa shape index (κ1) is 28.6. The normalized spacial score (nSPS) is 22.6. The largest absolute Gasteiger partial charge is 0.479 e. The predicted octanol–water partition coefficient (Wildman–Crippen LogP) is 1.50. The van der Waals surface area contributed by atoms with Crippen LogP contribution in [0.15, 0.2) is 48.5 Å². The van der Waals surface area contributed by atoms with Gasteiger partial charge in [-0.1, -0.05) is 48.5 Å². The molecular weight excluding hydrogens is 460 g/mol. The van der Waals surface area contributed by atoms with Crippen molar-refractivity contribution in [1.82, 2.24) is 0 Å². The van der Waals surface area contributed by atoms with Gasteiger partial charge >= 0.3 is 11.9 Å². The van der Waals surface area contributed by atoms with Gasteiger partial charge in [0.1, 0.15) is 0 Å². The van der Waals surface area contributed by atoms with Gasteiger partial charge in [-0.25, -0.2) is 9.59 Å². The molecule has 4 atom stereocenters. The quantitative estimate of drug-likeness (QED) is 0.341. The molecule has 0 radical (unpaired) electrons. The van der Waals surface area contributed by atoms with Gasteiger partial charge in [0.15, 0.2) is 12.2 Å². The Bertz CT molecular complexity index is 1080. The molecule has 0 heterocycles. The Balaban J connectivity index is 0.000000193. The van der Waals surface area contributed by atoms with E-state index in [-0.39, 0.29) is 11.1 Å². The van der Waals surface area contributed by atoms with Gasteiger partial charge in [-0.3, -0.25) is 0 Å². The Labute approximate surface area is 211 Å². The van der Waals surface area contributed by atoms with Gasteiger partial charge in [-0.05, 0) is 47.9 Å². The number of benzene rings is 2. The van der Waals surface area contributed by atoms with Gasteiger partial charge < -0.3 is 31.9 Å². The third-order valence-corrected chi connectivity index (χ3v) is 6.43. The molecule has 2 aromatic carbocycles. The van der Waals surface area contributed by atoms with Crippen LogP contribution < -0.4 is 11.5 Å². The maximum atomic E-state index is 9.77. The van der Waals surface area contributed by atoms with E-state index in [9.17, 15) is 9.59 Å². The van der Waals surface area contributed by atoms with Gasteiger partial charge in [0.25, 0.3) is 0 Å². The molecular formula is C28H32N2O6. The number of carboxylic acid groups (broad SMARTS) is 2. The summed E-state index contributed by atoms with van der Waals surface area (Å²) in [6.45, 7) is 0. The summed E-state index contributed by atoms with van der Waals surface area (Å²) in [5.41, 5.74) is 17.2. The lowest BCUT2D eigenvalue weighted by molar-refractivity contribution is -0.165. The maximum absolute atomic E-state index is 9.77. The first-order valence-electron chi connectivity index (χ1n) is 11.4. The molecule has 0 spiro atoms. The summed E-state index contributed by atoms with van der Waals surface area (Å²) in [4.78, 5) is 19.5. The molecule has 0 saturated carbocycles. The predicted molar refractivity (Wildman–Crippen MR) is 135 cm³/mol. The van der Waals surface area contributed by atoms with E-state index in [4.69, 9.17) is 44.7 Å². The minimum Gasteiger partial charge on any atom is -0.479 e. The lowest BCUT2D eigenvalue weighted by atomic mass is 9.90. The van der Waals surface area contributed by atoms with E-state index in [0.717, 1.165) is 25.7 Å². The summed E-state index contributed by atoms with van der Waals surface area (Å²) in [6.07, 6.45) is 11.5. The van der Waals surface area contributed by atoms with Crippen LogP contribution in [0.4, 0.5) is 0 Å². The average Bonchev–Trinajstić information content (AvgIpc) is 3.37. The van der Waals surface area contributed by atoms with Crippen LogP contribution in [-0.2, 0) is 33.5 Å². The number of rotatable bonds is 5. The summed E-state index contributed by atoms with van der Waals surface area (Å²) in [5.74, 6) is 1.79. The Morgan fingerprint density at radius 3 is 1.42 bits per heavy atom. The first-order valence-corrected chi connectivity index (χ1v) is 11.4. The fourth-order valence-electron chi connectivity index (χ4n) is 4.43. The number of hydrogen-bond donors (Lipinski definition) is 6. The molecule has 190 valence electrons. The van der Waals surface area contributed by atoms with E-state index in [1.54, 1.807) is 0 Å². The number of terminal acetylenes is 2. The highest BCUT2D eigenvalue weighted by Gasteiger charge is 2.34. The number of aliphatic carboxylic acids is 2. The van der Waals surface area contributed by atoms with E-state index in [2.05, 4.69) is 48.2 Å². The van der Waals surface area contributed by atoms with Gasteiger partial charge in [-0.15, -0.1) is 24.7 Å². The van der Waals surface area contributed by atoms with Crippen molar-refractivity contribution in [3.05, 3.63) is 70.8 Å². The lowest BCUT2D eigenvalue weighted by Gasteiger charge is -2.22.